The van der Waals surface area contributed by atoms with E-state index in [0.717, 1.165) is 14.9 Å². The zero-order valence-electron chi connectivity index (χ0n) is 19.7. The second kappa shape index (κ2) is 10.6. The number of halogens is 1. The van der Waals surface area contributed by atoms with Gasteiger partial charge in [-0.3, -0.25) is 14.4 Å². The molecule has 8 heteroatoms. The third kappa shape index (κ3) is 5.60. The van der Waals surface area contributed by atoms with E-state index in [0.29, 0.717) is 39.8 Å². The van der Waals surface area contributed by atoms with Gasteiger partial charge in [-0.25, -0.2) is 4.90 Å². The molecule has 1 aliphatic rings. The first-order valence-corrected chi connectivity index (χ1v) is 13.2. The lowest BCUT2D eigenvalue weighted by Crippen LogP contribution is -2.29. The number of benzene rings is 4. The zero-order chi connectivity index (χ0) is 25.9. The van der Waals surface area contributed by atoms with Crippen molar-refractivity contribution >= 4 is 56.8 Å². The van der Waals surface area contributed by atoms with E-state index in [1.807, 2.05) is 43.3 Å². The maximum atomic E-state index is 13.0. The van der Waals surface area contributed by atoms with Gasteiger partial charge in [-0.1, -0.05) is 28.1 Å². The fraction of sp³-hybridized carbons (Fsp3) is 0.0690. The number of thioether (sulfide) groups is 1. The number of hydrogen-bond donors (Lipinski definition) is 1. The molecule has 1 N–H and O–H groups in total. The standard InChI is InChI=1S/C29H21BrN2O4S/c1-18-3-2-4-21(15-18)32-28(34)25-14-11-23(16-26(25)29(32)35)36-22-9-7-20(8-10-22)31-27(33)17-37-24-12-5-19(30)6-13-24/h2-16H,17H2,1H3,(H,31,33). The molecule has 0 atom stereocenters. The van der Waals surface area contributed by atoms with Crippen molar-refractivity contribution in [2.24, 2.45) is 0 Å². The molecule has 0 aliphatic carbocycles. The summed E-state index contributed by atoms with van der Waals surface area (Å²) in [6.45, 7) is 1.91. The van der Waals surface area contributed by atoms with Crippen molar-refractivity contribution in [3.05, 3.63) is 112 Å². The Kier molecular flexibility index (Phi) is 7.12. The minimum absolute atomic E-state index is 0.110. The van der Waals surface area contributed by atoms with Crippen LogP contribution in [-0.2, 0) is 4.79 Å². The Morgan fingerprint density at radius 3 is 2.30 bits per heavy atom. The highest BCUT2D eigenvalue weighted by Crippen LogP contribution is 2.33. The number of imide groups is 1. The molecule has 0 aromatic heterocycles. The summed E-state index contributed by atoms with van der Waals surface area (Å²) in [5, 5.41) is 2.87. The summed E-state index contributed by atoms with van der Waals surface area (Å²) in [7, 11) is 0. The Hall–Kier alpha value is -3.88. The molecule has 37 heavy (non-hydrogen) atoms. The Bertz CT molecular complexity index is 1500. The lowest BCUT2D eigenvalue weighted by molar-refractivity contribution is -0.113. The second-order valence-corrected chi connectivity index (χ2v) is 10.4. The molecule has 0 saturated heterocycles. The maximum absolute atomic E-state index is 13.0. The van der Waals surface area contributed by atoms with Crippen LogP contribution in [0.3, 0.4) is 0 Å². The minimum atomic E-state index is -0.380. The monoisotopic (exact) mass is 572 g/mol. The number of aryl methyl sites for hydroxylation is 1. The van der Waals surface area contributed by atoms with Crippen LogP contribution in [0.4, 0.5) is 11.4 Å². The van der Waals surface area contributed by atoms with E-state index in [-0.39, 0.29) is 17.7 Å². The predicted molar refractivity (Wildman–Crippen MR) is 149 cm³/mol. The van der Waals surface area contributed by atoms with E-state index >= 15 is 0 Å². The lowest BCUT2D eigenvalue weighted by Gasteiger charge is -2.14. The normalized spacial score (nSPS) is 12.4. The van der Waals surface area contributed by atoms with E-state index in [4.69, 9.17) is 4.74 Å². The fourth-order valence-corrected chi connectivity index (χ4v) is 4.87. The van der Waals surface area contributed by atoms with Crippen LogP contribution >= 0.6 is 27.7 Å². The van der Waals surface area contributed by atoms with Crippen molar-refractivity contribution in [1.82, 2.24) is 0 Å². The van der Waals surface area contributed by atoms with Crippen molar-refractivity contribution in [2.45, 2.75) is 11.8 Å². The average molecular weight is 573 g/mol. The molecule has 4 aromatic rings. The summed E-state index contributed by atoms with van der Waals surface area (Å²) in [6, 6.07) is 26.9. The van der Waals surface area contributed by atoms with Gasteiger partial charge in [-0.05, 0) is 91.3 Å². The van der Waals surface area contributed by atoms with Gasteiger partial charge in [0.1, 0.15) is 11.5 Å². The van der Waals surface area contributed by atoms with Gasteiger partial charge in [0.05, 0.1) is 22.6 Å². The minimum Gasteiger partial charge on any atom is -0.457 e. The largest absolute Gasteiger partial charge is 0.457 e. The molecule has 6 nitrogen and oxygen atoms in total. The summed E-state index contributed by atoms with van der Waals surface area (Å²) in [4.78, 5) is 40.4. The summed E-state index contributed by atoms with van der Waals surface area (Å²) >= 11 is 4.86. The molecule has 0 radical (unpaired) electrons. The number of carbonyl (C=O) groups is 3. The van der Waals surface area contributed by atoms with E-state index < -0.39 is 0 Å². The van der Waals surface area contributed by atoms with Crippen molar-refractivity contribution in [2.75, 3.05) is 16.0 Å². The van der Waals surface area contributed by atoms with Gasteiger partial charge >= 0.3 is 0 Å². The topological polar surface area (TPSA) is 75.7 Å². The summed E-state index contributed by atoms with van der Waals surface area (Å²) in [5.41, 5.74) is 2.80. The Balaban J connectivity index is 1.22. The van der Waals surface area contributed by atoms with Crippen LogP contribution in [0.15, 0.2) is 100 Å². The third-order valence-electron chi connectivity index (χ3n) is 5.68. The Morgan fingerprint density at radius 2 is 1.57 bits per heavy atom. The molecule has 1 heterocycles. The van der Waals surface area contributed by atoms with Crippen molar-refractivity contribution in [3.8, 4) is 11.5 Å². The molecule has 3 amide bonds. The van der Waals surface area contributed by atoms with E-state index in [2.05, 4.69) is 21.2 Å². The van der Waals surface area contributed by atoms with Crippen molar-refractivity contribution < 1.29 is 19.1 Å². The van der Waals surface area contributed by atoms with Crippen LogP contribution in [0.1, 0.15) is 26.3 Å². The quantitative estimate of drug-likeness (QED) is 0.189. The number of nitrogens with zero attached hydrogens (tertiary/aromatic N) is 1. The van der Waals surface area contributed by atoms with Gasteiger partial charge in [0.15, 0.2) is 0 Å². The van der Waals surface area contributed by atoms with Crippen LogP contribution in [-0.4, -0.2) is 23.5 Å². The second-order valence-electron chi connectivity index (χ2n) is 8.41. The van der Waals surface area contributed by atoms with Crippen LogP contribution in [0.25, 0.3) is 0 Å². The van der Waals surface area contributed by atoms with Gasteiger partial charge in [0, 0.05) is 15.1 Å². The van der Waals surface area contributed by atoms with E-state index in [1.165, 1.54) is 16.7 Å². The average Bonchev–Trinajstić information content (AvgIpc) is 3.14. The first kappa shape index (κ1) is 24.8. The zero-order valence-corrected chi connectivity index (χ0v) is 22.1. The van der Waals surface area contributed by atoms with Gasteiger partial charge in [0.25, 0.3) is 11.8 Å². The van der Waals surface area contributed by atoms with Crippen molar-refractivity contribution in [3.63, 3.8) is 0 Å². The molecule has 4 aromatic carbocycles. The Morgan fingerprint density at radius 1 is 0.865 bits per heavy atom. The SMILES string of the molecule is Cc1cccc(N2C(=O)c3ccc(Oc4ccc(NC(=O)CSc5ccc(Br)cc5)cc4)cc3C2=O)c1. The van der Waals surface area contributed by atoms with Crippen LogP contribution in [0.2, 0.25) is 0 Å². The van der Waals surface area contributed by atoms with Crippen molar-refractivity contribution in [1.29, 1.82) is 0 Å². The number of fused-ring (bicyclic) bond motifs is 1. The first-order chi connectivity index (χ1) is 17.9. The molecule has 0 spiro atoms. The number of rotatable bonds is 7. The highest BCUT2D eigenvalue weighted by Gasteiger charge is 2.37. The number of ether oxygens (including phenoxy) is 1. The highest BCUT2D eigenvalue weighted by molar-refractivity contribution is 9.10. The Labute approximate surface area is 226 Å². The molecule has 1 aliphatic heterocycles. The number of nitrogens with one attached hydrogen (secondary N) is 1. The molecule has 0 unspecified atom stereocenters. The molecular weight excluding hydrogens is 552 g/mol. The number of hydrogen-bond acceptors (Lipinski definition) is 5. The maximum Gasteiger partial charge on any atom is 0.266 e. The van der Waals surface area contributed by atoms with E-state index in [1.54, 1.807) is 54.6 Å². The highest BCUT2D eigenvalue weighted by atomic mass is 79.9. The van der Waals surface area contributed by atoms with Gasteiger partial charge < -0.3 is 10.1 Å². The molecule has 0 bridgehead atoms. The summed E-state index contributed by atoms with van der Waals surface area (Å²) in [5.74, 6) is 0.428. The van der Waals surface area contributed by atoms with Gasteiger partial charge in [-0.15, -0.1) is 11.8 Å². The number of amides is 3. The molecule has 5 rings (SSSR count). The third-order valence-corrected chi connectivity index (χ3v) is 7.22. The van der Waals surface area contributed by atoms with E-state index in [9.17, 15) is 14.4 Å². The molecule has 0 fully saturated rings. The molecule has 184 valence electrons. The summed E-state index contributed by atoms with van der Waals surface area (Å²) in [6.07, 6.45) is 0. The van der Waals surface area contributed by atoms with Gasteiger partial charge in [-0.2, -0.15) is 0 Å². The van der Waals surface area contributed by atoms with Crippen LogP contribution in [0, 0.1) is 6.92 Å². The number of carbonyl (C=O) groups excluding carboxylic acids is 3. The summed E-state index contributed by atoms with van der Waals surface area (Å²) < 4.78 is 6.91. The molecular formula is C29H21BrN2O4S. The number of anilines is 2. The predicted octanol–water partition coefficient (Wildman–Crippen LogP) is 7.08. The molecule has 0 saturated carbocycles. The first-order valence-electron chi connectivity index (χ1n) is 11.4. The smallest absolute Gasteiger partial charge is 0.266 e. The lowest BCUT2D eigenvalue weighted by atomic mass is 10.1. The van der Waals surface area contributed by atoms with Crippen LogP contribution in [0.5, 0.6) is 11.5 Å². The fourth-order valence-electron chi connectivity index (χ4n) is 3.90. The van der Waals surface area contributed by atoms with Crippen LogP contribution < -0.4 is 15.0 Å². The van der Waals surface area contributed by atoms with Gasteiger partial charge in [0.2, 0.25) is 5.91 Å².